The summed E-state index contributed by atoms with van der Waals surface area (Å²) in [4.78, 5) is 24.5. The number of methoxy groups -OCH3 is 1. The zero-order valence-electron chi connectivity index (χ0n) is 7.87. The molecule has 1 amide bonds. The van der Waals surface area contributed by atoms with Crippen molar-refractivity contribution in [1.29, 1.82) is 0 Å². The molecule has 0 fully saturated rings. The van der Waals surface area contributed by atoms with Crippen molar-refractivity contribution in [3.63, 3.8) is 0 Å². The lowest BCUT2D eigenvalue weighted by Crippen LogP contribution is -2.27. The third-order valence-electron chi connectivity index (χ3n) is 1.64. The van der Waals surface area contributed by atoms with Gasteiger partial charge in [-0.2, -0.15) is 0 Å². The van der Waals surface area contributed by atoms with Gasteiger partial charge in [-0.05, 0) is 6.07 Å². The van der Waals surface area contributed by atoms with E-state index in [0.29, 0.717) is 18.7 Å². The number of carbonyl (C=O) groups excluding carboxylic acids is 1. The Morgan fingerprint density at radius 3 is 2.93 bits per heavy atom. The van der Waals surface area contributed by atoms with Crippen molar-refractivity contribution in [2.75, 3.05) is 20.3 Å². The Hall–Kier alpha value is -1.62. The average Bonchev–Trinajstić information content (AvgIpc) is 2.19. The molecule has 2 N–H and O–H groups in total. The molecule has 0 atom stereocenters. The van der Waals surface area contributed by atoms with Gasteiger partial charge in [0, 0.05) is 25.9 Å². The first-order valence-corrected chi connectivity index (χ1v) is 4.20. The van der Waals surface area contributed by atoms with E-state index in [1.54, 1.807) is 7.11 Å². The summed E-state index contributed by atoms with van der Waals surface area (Å²) in [6.07, 6.45) is 1.38. The summed E-state index contributed by atoms with van der Waals surface area (Å²) in [5.74, 6) is -0.224. The smallest absolute Gasteiger partial charge is 0.252 e. The standard InChI is InChI=1S/C9H12N2O3/c1-14-5-4-10-9(13)7-2-3-8(12)11-6-7/h2-3,6H,4-5H2,1H3,(H,10,13)(H,11,12). The number of amides is 1. The van der Waals surface area contributed by atoms with Crippen LogP contribution >= 0.6 is 0 Å². The summed E-state index contributed by atoms with van der Waals surface area (Å²) in [7, 11) is 1.56. The maximum Gasteiger partial charge on any atom is 0.252 e. The van der Waals surface area contributed by atoms with Crippen molar-refractivity contribution in [2.24, 2.45) is 0 Å². The van der Waals surface area contributed by atoms with E-state index in [9.17, 15) is 9.59 Å². The Bertz CT molecular complexity index is 339. The fourth-order valence-electron chi connectivity index (χ4n) is 0.920. The number of aromatic amines is 1. The van der Waals surface area contributed by atoms with Crippen LogP contribution in [0.1, 0.15) is 10.4 Å². The van der Waals surface area contributed by atoms with E-state index in [1.165, 1.54) is 18.3 Å². The van der Waals surface area contributed by atoms with Crippen LogP contribution in [0.25, 0.3) is 0 Å². The summed E-state index contributed by atoms with van der Waals surface area (Å²) < 4.78 is 4.77. The number of ether oxygens (including phenoxy) is 1. The molecule has 0 aliphatic heterocycles. The van der Waals surface area contributed by atoms with Crippen LogP contribution in [-0.4, -0.2) is 31.2 Å². The lowest BCUT2D eigenvalue weighted by atomic mass is 10.3. The zero-order chi connectivity index (χ0) is 10.4. The molecule has 1 rings (SSSR count). The van der Waals surface area contributed by atoms with Gasteiger partial charge in [-0.3, -0.25) is 9.59 Å². The van der Waals surface area contributed by atoms with Gasteiger partial charge in [0.2, 0.25) is 5.56 Å². The molecule has 0 saturated heterocycles. The summed E-state index contributed by atoms with van der Waals surface area (Å²) in [5.41, 5.74) is 0.208. The summed E-state index contributed by atoms with van der Waals surface area (Å²) in [6.45, 7) is 0.920. The SMILES string of the molecule is COCCNC(=O)c1ccc(=O)[nH]c1. The lowest BCUT2D eigenvalue weighted by Gasteiger charge is -2.03. The molecule has 1 aromatic heterocycles. The highest BCUT2D eigenvalue weighted by molar-refractivity contribution is 5.93. The number of rotatable bonds is 4. The maximum absolute atomic E-state index is 11.3. The zero-order valence-corrected chi connectivity index (χ0v) is 7.87. The van der Waals surface area contributed by atoms with Gasteiger partial charge in [0.05, 0.1) is 12.2 Å². The van der Waals surface area contributed by atoms with Gasteiger partial charge in [-0.25, -0.2) is 0 Å². The lowest BCUT2D eigenvalue weighted by molar-refractivity contribution is 0.0936. The fraction of sp³-hybridized carbons (Fsp3) is 0.333. The van der Waals surface area contributed by atoms with Gasteiger partial charge in [0.1, 0.15) is 0 Å². The van der Waals surface area contributed by atoms with Crippen LogP contribution in [-0.2, 0) is 4.74 Å². The van der Waals surface area contributed by atoms with Gasteiger partial charge >= 0.3 is 0 Å². The van der Waals surface area contributed by atoms with Gasteiger partial charge in [-0.1, -0.05) is 0 Å². The van der Waals surface area contributed by atoms with E-state index in [2.05, 4.69) is 10.3 Å². The molecule has 0 unspecified atom stereocenters. The number of pyridine rings is 1. The van der Waals surface area contributed by atoms with Crippen LogP contribution in [0.2, 0.25) is 0 Å². The van der Waals surface area contributed by atoms with E-state index >= 15 is 0 Å². The van der Waals surface area contributed by atoms with Crippen LogP contribution in [0, 0.1) is 0 Å². The minimum atomic E-state index is -0.224. The molecule has 5 nitrogen and oxygen atoms in total. The molecule has 0 bridgehead atoms. The van der Waals surface area contributed by atoms with Gasteiger partial charge in [-0.15, -0.1) is 0 Å². The van der Waals surface area contributed by atoms with E-state index in [0.717, 1.165) is 0 Å². The second-order valence-corrected chi connectivity index (χ2v) is 2.69. The quantitative estimate of drug-likeness (QED) is 0.652. The molecular weight excluding hydrogens is 184 g/mol. The van der Waals surface area contributed by atoms with E-state index in [4.69, 9.17) is 4.74 Å². The van der Waals surface area contributed by atoms with Crippen LogP contribution in [0.4, 0.5) is 0 Å². The highest BCUT2D eigenvalue weighted by Gasteiger charge is 2.03. The molecule has 0 spiro atoms. The third-order valence-corrected chi connectivity index (χ3v) is 1.64. The number of carbonyl (C=O) groups is 1. The van der Waals surface area contributed by atoms with Crippen LogP contribution in [0.15, 0.2) is 23.1 Å². The number of nitrogens with one attached hydrogen (secondary N) is 2. The van der Waals surface area contributed by atoms with Crippen molar-refractivity contribution in [3.05, 3.63) is 34.2 Å². The van der Waals surface area contributed by atoms with Crippen molar-refractivity contribution < 1.29 is 9.53 Å². The first kappa shape index (κ1) is 10.5. The normalized spacial score (nSPS) is 9.79. The Kier molecular flexibility index (Phi) is 3.87. The Morgan fingerprint density at radius 1 is 1.57 bits per heavy atom. The van der Waals surface area contributed by atoms with Crippen LogP contribution in [0.5, 0.6) is 0 Å². The van der Waals surface area contributed by atoms with E-state index in [1.807, 2.05) is 0 Å². The minimum Gasteiger partial charge on any atom is -0.383 e. The van der Waals surface area contributed by atoms with Crippen LogP contribution in [0.3, 0.4) is 0 Å². The molecule has 0 aromatic carbocycles. The first-order valence-electron chi connectivity index (χ1n) is 4.20. The molecule has 0 aliphatic carbocycles. The van der Waals surface area contributed by atoms with E-state index in [-0.39, 0.29) is 11.5 Å². The minimum absolute atomic E-state index is 0.224. The number of hydrogen-bond acceptors (Lipinski definition) is 3. The average molecular weight is 196 g/mol. The summed E-state index contributed by atoms with van der Waals surface area (Å²) >= 11 is 0. The Balaban J connectivity index is 2.52. The molecule has 5 heteroatoms. The molecule has 1 heterocycles. The van der Waals surface area contributed by atoms with Gasteiger partial charge < -0.3 is 15.0 Å². The largest absolute Gasteiger partial charge is 0.383 e. The second-order valence-electron chi connectivity index (χ2n) is 2.69. The summed E-state index contributed by atoms with van der Waals surface area (Å²) in [6, 6.07) is 2.78. The molecule has 1 aromatic rings. The maximum atomic E-state index is 11.3. The predicted molar refractivity (Wildman–Crippen MR) is 51.3 cm³/mol. The monoisotopic (exact) mass is 196 g/mol. The fourth-order valence-corrected chi connectivity index (χ4v) is 0.920. The number of hydrogen-bond donors (Lipinski definition) is 2. The summed E-state index contributed by atoms with van der Waals surface area (Å²) in [5, 5.41) is 2.63. The molecule has 0 radical (unpaired) electrons. The highest BCUT2D eigenvalue weighted by atomic mass is 16.5. The first-order chi connectivity index (χ1) is 6.74. The molecule has 14 heavy (non-hydrogen) atoms. The number of H-pyrrole nitrogens is 1. The van der Waals surface area contributed by atoms with Crippen molar-refractivity contribution in [3.8, 4) is 0 Å². The second kappa shape index (κ2) is 5.18. The molecule has 76 valence electrons. The van der Waals surface area contributed by atoms with Crippen molar-refractivity contribution >= 4 is 5.91 Å². The third kappa shape index (κ3) is 3.02. The topological polar surface area (TPSA) is 71.2 Å². The molecular formula is C9H12N2O3. The Morgan fingerprint density at radius 2 is 2.36 bits per heavy atom. The van der Waals surface area contributed by atoms with E-state index < -0.39 is 0 Å². The van der Waals surface area contributed by atoms with Crippen LogP contribution < -0.4 is 10.9 Å². The molecule has 0 saturated carbocycles. The highest BCUT2D eigenvalue weighted by Crippen LogP contribution is 1.91. The number of aromatic nitrogens is 1. The van der Waals surface area contributed by atoms with Gasteiger partial charge in [0.25, 0.3) is 5.91 Å². The molecule has 0 aliphatic rings. The predicted octanol–water partition coefficient (Wildman–Crippen LogP) is -0.249. The van der Waals surface area contributed by atoms with Crippen molar-refractivity contribution in [2.45, 2.75) is 0 Å². The Labute approximate surface area is 81.1 Å². The van der Waals surface area contributed by atoms with Crippen molar-refractivity contribution in [1.82, 2.24) is 10.3 Å². The van der Waals surface area contributed by atoms with Gasteiger partial charge in [0.15, 0.2) is 0 Å².